The summed E-state index contributed by atoms with van der Waals surface area (Å²) in [6, 6.07) is 32.8. The second kappa shape index (κ2) is 17.1. The summed E-state index contributed by atoms with van der Waals surface area (Å²) in [5, 5.41) is 22.5. The fourth-order valence-electron chi connectivity index (χ4n) is 6.82. The van der Waals surface area contributed by atoms with E-state index in [1.807, 2.05) is 109 Å². The highest BCUT2D eigenvalue weighted by atomic mass is 16.6. The zero-order valence-corrected chi connectivity index (χ0v) is 28.5. The lowest BCUT2D eigenvalue weighted by molar-refractivity contribution is -0.118. The maximum absolute atomic E-state index is 14.1. The normalized spacial score (nSPS) is 20.1. The molecule has 0 saturated carbocycles. The van der Waals surface area contributed by atoms with Crippen LogP contribution < -0.4 is 21.3 Å². The number of carbonyl (C=O) groups excluding carboxylic acids is 3. The molecule has 1 unspecified atom stereocenters. The van der Waals surface area contributed by atoms with Gasteiger partial charge in [-0.15, -0.1) is 0 Å². The minimum atomic E-state index is -0.971. The van der Waals surface area contributed by atoms with Crippen LogP contribution in [0.3, 0.4) is 0 Å². The third-order valence-electron chi connectivity index (χ3n) is 9.46. The van der Waals surface area contributed by atoms with Crippen molar-refractivity contribution in [3.8, 4) is 0 Å². The number of hydrogen-bond donors (Lipinski definition) is 5. The molecule has 1 heterocycles. The van der Waals surface area contributed by atoms with E-state index in [9.17, 15) is 19.5 Å². The number of aliphatic hydroxyl groups excluding tert-OH is 1. The lowest BCUT2D eigenvalue weighted by Gasteiger charge is -2.30. The topological polar surface area (TPSA) is 147 Å². The maximum atomic E-state index is 14.1. The van der Waals surface area contributed by atoms with Crippen molar-refractivity contribution in [3.63, 3.8) is 0 Å². The van der Waals surface area contributed by atoms with Gasteiger partial charge in [0.2, 0.25) is 5.91 Å². The summed E-state index contributed by atoms with van der Waals surface area (Å²) in [6.07, 6.45) is -0.248. The lowest BCUT2D eigenvalue weighted by atomic mass is 9.84. The van der Waals surface area contributed by atoms with E-state index in [1.165, 1.54) is 7.11 Å². The molecule has 1 fully saturated rings. The minimum Gasteiger partial charge on any atom is -0.453 e. The Bertz CT molecular complexity index is 1730. The van der Waals surface area contributed by atoms with E-state index in [0.29, 0.717) is 38.1 Å². The number of fused-ring (bicyclic) bond motifs is 1. The van der Waals surface area contributed by atoms with Crippen LogP contribution in [0.5, 0.6) is 0 Å². The van der Waals surface area contributed by atoms with Gasteiger partial charge < -0.3 is 40.6 Å². The number of methoxy groups -OCH3 is 1. The minimum absolute atomic E-state index is 0.0850. The molecule has 0 bridgehead atoms. The largest absolute Gasteiger partial charge is 0.453 e. The van der Waals surface area contributed by atoms with Crippen LogP contribution in [0.25, 0.3) is 0 Å². The number of carbonyl (C=O) groups is 3. The Balaban J connectivity index is 1.03. The molecule has 11 nitrogen and oxygen atoms in total. The first kappa shape index (κ1) is 35.6. The van der Waals surface area contributed by atoms with Crippen molar-refractivity contribution >= 4 is 23.8 Å². The van der Waals surface area contributed by atoms with Crippen LogP contribution in [0.1, 0.15) is 46.2 Å². The number of para-hydroxylation sites is 1. The van der Waals surface area contributed by atoms with Crippen molar-refractivity contribution in [1.29, 1.82) is 0 Å². The van der Waals surface area contributed by atoms with Crippen LogP contribution in [0.15, 0.2) is 109 Å². The molecule has 0 radical (unpaired) electrons. The molecule has 266 valence electrons. The van der Waals surface area contributed by atoms with E-state index in [4.69, 9.17) is 14.2 Å². The van der Waals surface area contributed by atoms with Crippen molar-refractivity contribution < 1.29 is 33.7 Å². The number of amides is 3. The van der Waals surface area contributed by atoms with E-state index in [1.54, 1.807) is 0 Å². The Labute approximate surface area is 297 Å². The summed E-state index contributed by atoms with van der Waals surface area (Å²) >= 11 is 0. The van der Waals surface area contributed by atoms with Crippen molar-refractivity contribution in [2.75, 3.05) is 32.2 Å². The molecule has 1 aliphatic heterocycles. The first-order valence-corrected chi connectivity index (χ1v) is 17.3. The molecule has 11 heteroatoms. The van der Waals surface area contributed by atoms with Crippen molar-refractivity contribution in [1.82, 2.24) is 16.0 Å². The zero-order chi connectivity index (χ0) is 35.6. The van der Waals surface area contributed by atoms with Crippen LogP contribution >= 0.6 is 0 Å². The van der Waals surface area contributed by atoms with Gasteiger partial charge in [0.15, 0.2) is 0 Å². The molecule has 4 aromatic carbocycles. The molecular weight excluding hydrogens is 648 g/mol. The first-order chi connectivity index (χ1) is 24.9. The summed E-state index contributed by atoms with van der Waals surface area (Å²) < 4.78 is 16.5. The fourth-order valence-corrected chi connectivity index (χ4v) is 6.82. The van der Waals surface area contributed by atoms with Crippen LogP contribution in [0.2, 0.25) is 0 Å². The average Bonchev–Trinajstić information content (AvgIpc) is 3.48. The van der Waals surface area contributed by atoms with Gasteiger partial charge in [0.05, 0.1) is 38.0 Å². The van der Waals surface area contributed by atoms with Crippen molar-refractivity contribution in [2.45, 2.75) is 55.5 Å². The summed E-state index contributed by atoms with van der Waals surface area (Å²) in [5.74, 6) is -0.853. The number of anilines is 1. The summed E-state index contributed by atoms with van der Waals surface area (Å²) in [4.78, 5) is 39.1. The van der Waals surface area contributed by atoms with E-state index in [2.05, 4.69) is 21.3 Å². The molecule has 0 spiro atoms. The number of morpholine rings is 1. The molecule has 5 N–H and O–H groups in total. The Hall–Kier alpha value is -5.23. The number of alkyl carbamates (subject to hydrolysis) is 2. The van der Waals surface area contributed by atoms with E-state index < -0.39 is 36.3 Å². The molecule has 3 amide bonds. The quantitative estimate of drug-likeness (QED) is 0.142. The van der Waals surface area contributed by atoms with Gasteiger partial charge in [0.1, 0.15) is 12.6 Å². The number of aryl methyl sites for hydroxylation is 1. The second-order valence-electron chi connectivity index (χ2n) is 12.8. The number of aliphatic hydroxyl groups is 1. The smallest absolute Gasteiger partial charge is 0.407 e. The summed E-state index contributed by atoms with van der Waals surface area (Å²) in [6.45, 7) is 1.07. The van der Waals surface area contributed by atoms with Crippen LogP contribution in [0, 0.1) is 0 Å². The molecular formula is C40H44N4O7. The molecule has 6 rings (SSSR count). The van der Waals surface area contributed by atoms with Crippen LogP contribution in [-0.2, 0) is 31.8 Å². The Morgan fingerprint density at radius 2 is 1.55 bits per heavy atom. The molecule has 5 atom stereocenters. The number of nitrogens with one attached hydrogen (secondary N) is 4. The SMILES string of the molecule is COC(=O)N[C@H](C(=O)Nc1ccccc1CC[C@@H]1CN[C@H](COC(=O)NC2c3ccccc3C[C@H]2O)CO1)C(c1ccccc1)c1ccccc1. The summed E-state index contributed by atoms with van der Waals surface area (Å²) in [5.41, 5.74) is 5.26. The third kappa shape index (κ3) is 9.12. The maximum Gasteiger partial charge on any atom is 0.407 e. The number of rotatable bonds is 12. The molecule has 4 aromatic rings. The first-order valence-electron chi connectivity index (χ1n) is 17.3. The second-order valence-corrected chi connectivity index (χ2v) is 12.8. The Morgan fingerprint density at radius 1 is 0.882 bits per heavy atom. The number of ether oxygens (including phenoxy) is 3. The Kier molecular flexibility index (Phi) is 12.0. The van der Waals surface area contributed by atoms with E-state index in [0.717, 1.165) is 27.8 Å². The van der Waals surface area contributed by atoms with Crippen molar-refractivity contribution in [3.05, 3.63) is 137 Å². The van der Waals surface area contributed by atoms with Gasteiger partial charge >= 0.3 is 12.2 Å². The molecule has 51 heavy (non-hydrogen) atoms. The highest BCUT2D eigenvalue weighted by Crippen LogP contribution is 2.32. The Morgan fingerprint density at radius 3 is 2.24 bits per heavy atom. The van der Waals surface area contributed by atoms with Gasteiger partial charge in [-0.1, -0.05) is 103 Å². The number of hydrogen-bond acceptors (Lipinski definition) is 8. The monoisotopic (exact) mass is 692 g/mol. The van der Waals surface area contributed by atoms with Gasteiger partial charge in [-0.05, 0) is 46.7 Å². The highest BCUT2D eigenvalue weighted by Gasteiger charge is 2.34. The number of benzene rings is 4. The van der Waals surface area contributed by atoms with E-state index in [-0.39, 0.29) is 24.7 Å². The molecule has 1 aliphatic carbocycles. The molecule has 2 aliphatic rings. The summed E-state index contributed by atoms with van der Waals surface area (Å²) in [7, 11) is 1.27. The van der Waals surface area contributed by atoms with Gasteiger partial charge in [0, 0.05) is 24.6 Å². The lowest BCUT2D eigenvalue weighted by Crippen LogP contribution is -2.49. The van der Waals surface area contributed by atoms with E-state index >= 15 is 0 Å². The zero-order valence-electron chi connectivity index (χ0n) is 28.5. The highest BCUT2D eigenvalue weighted by molar-refractivity contribution is 5.98. The predicted octanol–water partition coefficient (Wildman–Crippen LogP) is 4.86. The standard InChI is InChI=1S/C40H44N4O7/c1-49-39(47)44-37(35(27-13-4-2-5-14-27)28-15-6-3-7-16-28)38(46)42-33-19-11-9-12-26(33)20-21-31-23-41-30(24-50-31)25-51-40(48)43-36-32-18-10-8-17-29(32)22-34(36)45/h2-19,30-31,34-37,41,45H,20-25H2,1H3,(H,42,46)(H,43,48)(H,44,47)/t30-,31+,34+,36?,37-/m0/s1. The third-order valence-corrected chi connectivity index (χ3v) is 9.46. The van der Waals surface area contributed by atoms with Gasteiger partial charge in [0.25, 0.3) is 0 Å². The van der Waals surface area contributed by atoms with Gasteiger partial charge in [-0.3, -0.25) is 4.79 Å². The van der Waals surface area contributed by atoms with Gasteiger partial charge in [-0.2, -0.15) is 0 Å². The van der Waals surface area contributed by atoms with Crippen LogP contribution in [-0.4, -0.2) is 74.4 Å². The molecule has 1 saturated heterocycles. The van der Waals surface area contributed by atoms with Crippen LogP contribution in [0.4, 0.5) is 15.3 Å². The average molecular weight is 693 g/mol. The molecule has 0 aromatic heterocycles. The fraction of sp³-hybridized carbons (Fsp3) is 0.325. The predicted molar refractivity (Wildman–Crippen MR) is 192 cm³/mol. The van der Waals surface area contributed by atoms with Gasteiger partial charge in [-0.25, -0.2) is 9.59 Å². The van der Waals surface area contributed by atoms with Crippen molar-refractivity contribution in [2.24, 2.45) is 0 Å².